The van der Waals surface area contributed by atoms with Gasteiger partial charge in [0.25, 0.3) is 5.91 Å². The largest absolute Gasteiger partial charge is 0.378 e. The molecule has 1 spiro atoms. The fraction of sp³-hybridized carbons (Fsp3) is 0.308. The smallest absolute Gasteiger partial charge is 0.274 e. The number of benzene rings is 1. The Morgan fingerprint density at radius 1 is 1.25 bits per heavy atom. The molecule has 7 heteroatoms. The van der Waals surface area contributed by atoms with Gasteiger partial charge in [0, 0.05) is 24.8 Å². The van der Waals surface area contributed by atoms with Crippen LogP contribution in [0, 0.1) is 0 Å². The molecule has 0 aliphatic carbocycles. The number of halogens is 2. The molecule has 0 saturated carbocycles. The van der Waals surface area contributed by atoms with Crippen molar-refractivity contribution in [3.63, 3.8) is 0 Å². The highest BCUT2D eigenvalue weighted by Gasteiger charge is 2.50. The van der Waals surface area contributed by atoms with Crippen molar-refractivity contribution in [1.29, 1.82) is 0 Å². The van der Waals surface area contributed by atoms with Crippen molar-refractivity contribution in [3.05, 3.63) is 33.8 Å². The fourth-order valence-corrected chi connectivity index (χ4v) is 2.99. The van der Waals surface area contributed by atoms with E-state index in [0.29, 0.717) is 27.7 Å². The van der Waals surface area contributed by atoms with Gasteiger partial charge in [0.2, 0.25) is 11.5 Å². The summed E-state index contributed by atoms with van der Waals surface area (Å²) < 4.78 is 0. The number of nitrogens with one attached hydrogen (secondary N) is 1. The monoisotopic (exact) mass is 312 g/mol. The van der Waals surface area contributed by atoms with Crippen LogP contribution in [0.2, 0.25) is 10.0 Å². The summed E-state index contributed by atoms with van der Waals surface area (Å²) in [4.78, 5) is 28.5. The van der Waals surface area contributed by atoms with Gasteiger partial charge in [-0.2, -0.15) is 0 Å². The van der Waals surface area contributed by atoms with E-state index in [4.69, 9.17) is 28.0 Å². The molecule has 1 fully saturated rings. The lowest BCUT2D eigenvalue weighted by Crippen LogP contribution is -2.53. The number of hydrogen-bond donors (Lipinski definition) is 1. The summed E-state index contributed by atoms with van der Waals surface area (Å²) >= 11 is 12.2. The predicted molar refractivity (Wildman–Crippen MR) is 73.8 cm³/mol. The van der Waals surface area contributed by atoms with Gasteiger partial charge in [-0.25, -0.2) is 0 Å². The molecular weight excluding hydrogens is 303 g/mol. The molecule has 0 radical (unpaired) electrons. The van der Waals surface area contributed by atoms with Crippen molar-refractivity contribution in [2.75, 3.05) is 0 Å². The minimum atomic E-state index is -1.12. The van der Waals surface area contributed by atoms with Crippen molar-refractivity contribution in [2.24, 2.45) is 5.16 Å². The highest BCUT2D eigenvalue weighted by Crippen LogP contribution is 2.36. The average Bonchev–Trinajstić information content (AvgIpc) is 2.80. The molecule has 1 aromatic rings. The van der Waals surface area contributed by atoms with Crippen LogP contribution >= 0.6 is 23.2 Å². The molecule has 1 N–H and O–H groups in total. The molecule has 1 saturated heterocycles. The van der Waals surface area contributed by atoms with Crippen LogP contribution in [0.15, 0.2) is 23.4 Å². The molecular formula is C13H10Cl2N2O3. The molecule has 5 nitrogen and oxygen atoms in total. The molecule has 1 unspecified atom stereocenters. The van der Waals surface area contributed by atoms with Crippen LogP contribution in [0.4, 0.5) is 0 Å². The molecule has 2 heterocycles. The Kier molecular flexibility index (Phi) is 3.18. The van der Waals surface area contributed by atoms with Gasteiger partial charge in [0.1, 0.15) is 0 Å². The van der Waals surface area contributed by atoms with Crippen LogP contribution in [-0.4, -0.2) is 23.1 Å². The van der Waals surface area contributed by atoms with Gasteiger partial charge in [0.05, 0.1) is 15.8 Å². The Morgan fingerprint density at radius 2 is 1.95 bits per heavy atom. The summed E-state index contributed by atoms with van der Waals surface area (Å²) in [6, 6.07) is 5.12. The van der Waals surface area contributed by atoms with Crippen LogP contribution in [-0.2, 0) is 14.4 Å². The third kappa shape index (κ3) is 2.07. The van der Waals surface area contributed by atoms with E-state index >= 15 is 0 Å². The van der Waals surface area contributed by atoms with Gasteiger partial charge in [0.15, 0.2) is 0 Å². The van der Waals surface area contributed by atoms with Gasteiger partial charge in [-0.05, 0) is 12.1 Å². The molecule has 1 aromatic carbocycles. The summed E-state index contributed by atoms with van der Waals surface area (Å²) in [6.45, 7) is 0. The number of rotatable bonds is 1. The zero-order valence-corrected chi connectivity index (χ0v) is 11.8. The number of carbonyl (C=O) groups is 2. The van der Waals surface area contributed by atoms with E-state index in [1.165, 1.54) is 0 Å². The molecule has 1 atom stereocenters. The molecule has 2 aliphatic heterocycles. The Morgan fingerprint density at radius 3 is 2.60 bits per heavy atom. The Bertz CT molecular complexity index is 624. The second kappa shape index (κ2) is 4.75. The molecule has 2 aliphatic rings. The van der Waals surface area contributed by atoms with Crippen molar-refractivity contribution >= 4 is 40.7 Å². The summed E-state index contributed by atoms with van der Waals surface area (Å²) in [5.41, 5.74) is -0.0336. The standard InChI is InChI=1S/C13H10Cl2N2O3/c14-7-2-1-3-8(15)11(7)9-6-13(20-17-9)5-4-10(18)16-12(13)19/h1-3H,4-6H2,(H,16,18,19). The fourth-order valence-electron chi connectivity index (χ4n) is 2.37. The minimum absolute atomic E-state index is 0.227. The first-order chi connectivity index (χ1) is 9.52. The van der Waals surface area contributed by atoms with Gasteiger partial charge < -0.3 is 4.84 Å². The number of hydrogen-bond acceptors (Lipinski definition) is 4. The van der Waals surface area contributed by atoms with Gasteiger partial charge in [-0.1, -0.05) is 34.4 Å². The van der Waals surface area contributed by atoms with Crippen LogP contribution in [0.25, 0.3) is 0 Å². The molecule has 0 aromatic heterocycles. The maximum Gasteiger partial charge on any atom is 0.274 e. The van der Waals surface area contributed by atoms with E-state index in [1.54, 1.807) is 18.2 Å². The summed E-state index contributed by atoms with van der Waals surface area (Å²) in [6.07, 6.45) is 0.771. The van der Waals surface area contributed by atoms with Crippen molar-refractivity contribution in [1.82, 2.24) is 5.32 Å². The van der Waals surface area contributed by atoms with Crippen LogP contribution < -0.4 is 5.32 Å². The third-order valence-electron chi connectivity index (χ3n) is 3.46. The highest BCUT2D eigenvalue weighted by atomic mass is 35.5. The number of amides is 2. The van der Waals surface area contributed by atoms with E-state index in [-0.39, 0.29) is 18.7 Å². The van der Waals surface area contributed by atoms with Crippen molar-refractivity contribution in [2.45, 2.75) is 24.9 Å². The van der Waals surface area contributed by atoms with E-state index in [9.17, 15) is 9.59 Å². The average molecular weight is 313 g/mol. The number of nitrogens with zero attached hydrogens (tertiary/aromatic N) is 1. The normalized spacial score (nSPS) is 25.4. The molecule has 0 bridgehead atoms. The summed E-state index contributed by atoms with van der Waals surface area (Å²) in [7, 11) is 0. The molecule has 2 amide bonds. The second-order valence-electron chi connectivity index (χ2n) is 4.77. The third-order valence-corrected chi connectivity index (χ3v) is 4.09. The number of oxime groups is 1. The van der Waals surface area contributed by atoms with Gasteiger partial charge >= 0.3 is 0 Å². The van der Waals surface area contributed by atoms with Crippen LogP contribution in [0.1, 0.15) is 24.8 Å². The maximum absolute atomic E-state index is 12.0. The van der Waals surface area contributed by atoms with E-state index < -0.39 is 11.5 Å². The van der Waals surface area contributed by atoms with Crippen molar-refractivity contribution in [3.8, 4) is 0 Å². The summed E-state index contributed by atoms with van der Waals surface area (Å²) in [5.74, 6) is -0.760. The lowest BCUT2D eigenvalue weighted by atomic mass is 9.86. The van der Waals surface area contributed by atoms with Gasteiger partial charge in [-0.15, -0.1) is 0 Å². The van der Waals surface area contributed by atoms with E-state index in [0.717, 1.165) is 0 Å². The lowest BCUT2D eigenvalue weighted by Gasteiger charge is -2.28. The van der Waals surface area contributed by atoms with Gasteiger partial charge in [-0.3, -0.25) is 14.9 Å². The second-order valence-corrected chi connectivity index (χ2v) is 5.59. The Labute approximate surface area is 124 Å². The molecule has 3 rings (SSSR count). The number of piperidine rings is 1. The molecule has 20 heavy (non-hydrogen) atoms. The first kappa shape index (κ1) is 13.4. The number of imide groups is 1. The van der Waals surface area contributed by atoms with E-state index in [2.05, 4.69) is 10.5 Å². The molecule has 104 valence electrons. The zero-order valence-electron chi connectivity index (χ0n) is 10.3. The quantitative estimate of drug-likeness (QED) is 0.809. The van der Waals surface area contributed by atoms with Crippen LogP contribution in [0.3, 0.4) is 0 Å². The topological polar surface area (TPSA) is 67.8 Å². The lowest BCUT2D eigenvalue weighted by molar-refractivity contribution is -0.153. The Balaban J connectivity index is 1.90. The number of carbonyl (C=O) groups excluding carboxylic acids is 2. The summed E-state index contributed by atoms with van der Waals surface area (Å²) in [5, 5.41) is 7.12. The van der Waals surface area contributed by atoms with E-state index in [1.807, 2.05) is 0 Å². The Hall–Kier alpha value is -1.59. The predicted octanol–water partition coefficient (Wildman–Crippen LogP) is 2.29. The maximum atomic E-state index is 12.0. The minimum Gasteiger partial charge on any atom is -0.378 e. The van der Waals surface area contributed by atoms with Crippen molar-refractivity contribution < 1.29 is 14.4 Å². The zero-order chi connectivity index (χ0) is 14.3. The first-order valence-electron chi connectivity index (χ1n) is 6.05. The van der Waals surface area contributed by atoms with Crippen LogP contribution in [0.5, 0.6) is 0 Å². The SMILES string of the molecule is O=C1CCC2(CC(c3c(Cl)cccc3Cl)=NO2)C(=O)N1. The highest BCUT2D eigenvalue weighted by molar-refractivity contribution is 6.40. The first-order valence-corrected chi connectivity index (χ1v) is 6.81.